The SMILES string of the molecule is CN=C(NCC1CCN(CCOC)CC1)NCC1(c2cccc(F)c2)CC1. The molecule has 0 unspecified atom stereocenters. The van der Waals surface area contributed by atoms with Crippen LogP contribution in [0.4, 0.5) is 4.39 Å². The Morgan fingerprint density at radius 1 is 1.30 bits per heavy atom. The number of rotatable bonds is 8. The summed E-state index contributed by atoms with van der Waals surface area (Å²) in [5.41, 5.74) is 1.15. The Labute approximate surface area is 162 Å². The molecule has 5 nitrogen and oxygen atoms in total. The van der Waals surface area contributed by atoms with Crippen LogP contribution in [0.5, 0.6) is 0 Å². The van der Waals surface area contributed by atoms with Gasteiger partial charge in [-0.25, -0.2) is 4.39 Å². The lowest BCUT2D eigenvalue weighted by Crippen LogP contribution is -2.45. The summed E-state index contributed by atoms with van der Waals surface area (Å²) >= 11 is 0. The summed E-state index contributed by atoms with van der Waals surface area (Å²) in [4.78, 5) is 6.84. The summed E-state index contributed by atoms with van der Waals surface area (Å²) in [5.74, 6) is 1.37. The number of nitrogens with zero attached hydrogens (tertiary/aromatic N) is 2. The molecule has 2 fully saturated rings. The molecule has 1 saturated heterocycles. The molecule has 1 aliphatic carbocycles. The van der Waals surface area contributed by atoms with E-state index in [4.69, 9.17) is 4.74 Å². The molecule has 0 aromatic heterocycles. The lowest BCUT2D eigenvalue weighted by atomic mass is 9.96. The molecule has 0 amide bonds. The van der Waals surface area contributed by atoms with E-state index in [1.54, 1.807) is 19.2 Å². The van der Waals surface area contributed by atoms with Crippen molar-refractivity contribution >= 4 is 5.96 Å². The molecule has 2 N–H and O–H groups in total. The molecular weight excluding hydrogens is 343 g/mol. The van der Waals surface area contributed by atoms with Crippen LogP contribution in [0.2, 0.25) is 0 Å². The predicted molar refractivity (Wildman–Crippen MR) is 108 cm³/mol. The second kappa shape index (κ2) is 9.51. The first kappa shape index (κ1) is 20.1. The molecular formula is C21H33FN4O. The fourth-order valence-corrected chi connectivity index (χ4v) is 3.89. The third-order valence-corrected chi connectivity index (χ3v) is 5.99. The number of guanidine groups is 1. The summed E-state index contributed by atoms with van der Waals surface area (Å²) in [6, 6.07) is 7.01. The van der Waals surface area contributed by atoms with E-state index in [0.29, 0.717) is 5.92 Å². The largest absolute Gasteiger partial charge is 0.383 e. The van der Waals surface area contributed by atoms with E-state index in [2.05, 4.69) is 20.5 Å². The van der Waals surface area contributed by atoms with Gasteiger partial charge < -0.3 is 20.3 Å². The van der Waals surface area contributed by atoms with E-state index in [-0.39, 0.29) is 11.2 Å². The van der Waals surface area contributed by atoms with E-state index >= 15 is 0 Å². The molecule has 1 aliphatic heterocycles. The lowest BCUT2D eigenvalue weighted by Gasteiger charge is -2.32. The zero-order valence-electron chi connectivity index (χ0n) is 16.6. The number of benzene rings is 1. The van der Waals surface area contributed by atoms with Gasteiger partial charge in [0.2, 0.25) is 0 Å². The first-order valence-electron chi connectivity index (χ1n) is 10.1. The topological polar surface area (TPSA) is 48.9 Å². The van der Waals surface area contributed by atoms with Gasteiger partial charge in [-0.3, -0.25) is 4.99 Å². The molecule has 0 bridgehead atoms. The monoisotopic (exact) mass is 376 g/mol. The maximum Gasteiger partial charge on any atom is 0.191 e. The van der Waals surface area contributed by atoms with Crippen LogP contribution in [0.1, 0.15) is 31.2 Å². The van der Waals surface area contributed by atoms with E-state index < -0.39 is 0 Å². The summed E-state index contributed by atoms with van der Waals surface area (Å²) in [5, 5.41) is 6.94. The van der Waals surface area contributed by atoms with Crippen LogP contribution in [-0.2, 0) is 10.2 Å². The van der Waals surface area contributed by atoms with Gasteiger partial charge >= 0.3 is 0 Å². The molecule has 0 spiro atoms. The second-order valence-electron chi connectivity index (χ2n) is 7.88. The first-order valence-corrected chi connectivity index (χ1v) is 10.1. The van der Waals surface area contributed by atoms with Crippen LogP contribution < -0.4 is 10.6 Å². The van der Waals surface area contributed by atoms with Crippen molar-refractivity contribution in [2.24, 2.45) is 10.9 Å². The number of halogens is 1. The predicted octanol–water partition coefficient (Wildman–Crippen LogP) is 2.38. The number of nitrogens with one attached hydrogen (secondary N) is 2. The van der Waals surface area contributed by atoms with E-state index in [9.17, 15) is 4.39 Å². The van der Waals surface area contributed by atoms with Crippen molar-refractivity contribution in [2.45, 2.75) is 31.1 Å². The highest BCUT2D eigenvalue weighted by Crippen LogP contribution is 2.47. The van der Waals surface area contributed by atoms with Gasteiger partial charge in [0.15, 0.2) is 5.96 Å². The number of hydrogen-bond donors (Lipinski definition) is 2. The Balaban J connectivity index is 1.40. The molecule has 2 aliphatic rings. The van der Waals surface area contributed by atoms with Crippen molar-refractivity contribution in [3.63, 3.8) is 0 Å². The van der Waals surface area contributed by atoms with Crippen molar-refractivity contribution in [3.05, 3.63) is 35.6 Å². The Bertz CT molecular complexity index is 624. The van der Waals surface area contributed by atoms with Crippen LogP contribution in [0.25, 0.3) is 0 Å². The summed E-state index contributed by atoms with van der Waals surface area (Å²) in [6.45, 7) is 5.87. The lowest BCUT2D eigenvalue weighted by molar-refractivity contribution is 0.121. The van der Waals surface area contributed by atoms with Crippen molar-refractivity contribution in [3.8, 4) is 0 Å². The summed E-state index contributed by atoms with van der Waals surface area (Å²) in [6.07, 6.45) is 4.61. The summed E-state index contributed by atoms with van der Waals surface area (Å²) in [7, 11) is 3.57. The van der Waals surface area contributed by atoms with Crippen molar-refractivity contribution < 1.29 is 9.13 Å². The van der Waals surface area contributed by atoms with Crippen LogP contribution in [-0.4, -0.2) is 64.3 Å². The number of hydrogen-bond acceptors (Lipinski definition) is 3. The highest BCUT2D eigenvalue weighted by atomic mass is 19.1. The highest BCUT2D eigenvalue weighted by Gasteiger charge is 2.44. The van der Waals surface area contributed by atoms with Crippen molar-refractivity contribution in [2.75, 3.05) is 53.5 Å². The fraction of sp³-hybridized carbons (Fsp3) is 0.667. The molecule has 3 rings (SSSR count). The Morgan fingerprint density at radius 2 is 2.07 bits per heavy atom. The molecule has 1 aromatic carbocycles. The number of aliphatic imine (C=N–C) groups is 1. The van der Waals surface area contributed by atoms with Crippen LogP contribution in [0.3, 0.4) is 0 Å². The maximum atomic E-state index is 13.5. The molecule has 1 saturated carbocycles. The second-order valence-corrected chi connectivity index (χ2v) is 7.88. The van der Waals surface area contributed by atoms with Gasteiger partial charge in [0, 0.05) is 39.2 Å². The number of ether oxygens (including phenoxy) is 1. The van der Waals surface area contributed by atoms with Gasteiger partial charge in [0.05, 0.1) is 6.61 Å². The molecule has 6 heteroatoms. The maximum absolute atomic E-state index is 13.5. The molecule has 27 heavy (non-hydrogen) atoms. The van der Waals surface area contributed by atoms with Crippen LogP contribution in [0.15, 0.2) is 29.3 Å². The van der Waals surface area contributed by atoms with Gasteiger partial charge in [-0.2, -0.15) is 0 Å². The van der Waals surface area contributed by atoms with Gasteiger partial charge in [0.1, 0.15) is 5.82 Å². The number of piperidine rings is 1. The minimum atomic E-state index is -0.155. The quantitative estimate of drug-likeness (QED) is 0.540. The molecule has 1 heterocycles. The first-order chi connectivity index (χ1) is 13.1. The normalized spacial score (nSPS) is 20.5. The van der Waals surface area contributed by atoms with Gasteiger partial charge in [-0.05, 0) is 62.4 Å². The Kier molecular flexibility index (Phi) is 7.07. The third kappa shape index (κ3) is 5.66. The molecule has 150 valence electrons. The van der Waals surface area contributed by atoms with Crippen molar-refractivity contribution in [1.82, 2.24) is 15.5 Å². The zero-order chi connectivity index (χ0) is 19.1. The molecule has 0 radical (unpaired) electrons. The average molecular weight is 377 g/mol. The van der Waals surface area contributed by atoms with Gasteiger partial charge in [-0.1, -0.05) is 12.1 Å². The van der Waals surface area contributed by atoms with Crippen LogP contribution in [0, 0.1) is 11.7 Å². The average Bonchev–Trinajstić information content (AvgIpc) is 3.48. The number of methoxy groups -OCH3 is 1. The minimum absolute atomic E-state index is 0.0619. The fourth-order valence-electron chi connectivity index (χ4n) is 3.89. The molecule has 1 aromatic rings. The number of likely N-dealkylation sites (tertiary alicyclic amines) is 1. The summed E-state index contributed by atoms with van der Waals surface area (Å²) < 4.78 is 18.7. The van der Waals surface area contributed by atoms with E-state index in [0.717, 1.165) is 63.7 Å². The minimum Gasteiger partial charge on any atom is -0.383 e. The van der Waals surface area contributed by atoms with E-state index in [1.807, 2.05) is 13.1 Å². The Hall–Kier alpha value is -1.66. The van der Waals surface area contributed by atoms with Gasteiger partial charge in [-0.15, -0.1) is 0 Å². The van der Waals surface area contributed by atoms with Crippen LogP contribution >= 0.6 is 0 Å². The Morgan fingerprint density at radius 3 is 2.70 bits per heavy atom. The smallest absolute Gasteiger partial charge is 0.191 e. The third-order valence-electron chi connectivity index (χ3n) is 5.99. The molecule has 0 atom stereocenters. The standard InChI is InChI=1S/C21H33FN4O/c1-23-20(24-15-17-6-10-26(11-7-17)12-13-27-2)25-16-21(8-9-21)18-4-3-5-19(22)14-18/h3-5,14,17H,6-13,15-16H2,1-2H3,(H2,23,24,25). The zero-order valence-corrected chi connectivity index (χ0v) is 16.6. The van der Waals surface area contributed by atoms with E-state index in [1.165, 1.54) is 18.9 Å². The van der Waals surface area contributed by atoms with Gasteiger partial charge in [0.25, 0.3) is 0 Å². The highest BCUT2D eigenvalue weighted by molar-refractivity contribution is 5.79. The van der Waals surface area contributed by atoms with Crippen molar-refractivity contribution in [1.29, 1.82) is 0 Å².